The minimum atomic E-state index is -0.0325. The smallest absolute Gasteiger partial charge is 0.321 e. The number of carbonyl (C=O) groups is 1. The van der Waals surface area contributed by atoms with Gasteiger partial charge in [0, 0.05) is 57.2 Å². The van der Waals surface area contributed by atoms with Gasteiger partial charge in [-0.15, -0.1) is 0 Å². The Morgan fingerprint density at radius 2 is 2.00 bits per heavy atom. The molecule has 1 aliphatic heterocycles. The second-order valence-corrected chi connectivity index (χ2v) is 7.85. The van der Waals surface area contributed by atoms with Crippen molar-refractivity contribution in [1.29, 1.82) is 0 Å². The van der Waals surface area contributed by atoms with E-state index < -0.39 is 0 Å². The Kier molecular flexibility index (Phi) is 5.81. The zero-order valence-corrected chi connectivity index (χ0v) is 16.5. The van der Waals surface area contributed by atoms with E-state index >= 15 is 0 Å². The highest BCUT2D eigenvalue weighted by Crippen LogP contribution is 2.29. The van der Waals surface area contributed by atoms with Crippen molar-refractivity contribution < 1.29 is 9.53 Å². The van der Waals surface area contributed by atoms with E-state index in [9.17, 15) is 4.79 Å². The van der Waals surface area contributed by atoms with Gasteiger partial charge in [0.25, 0.3) is 0 Å². The highest BCUT2D eigenvalue weighted by molar-refractivity contribution is 5.89. The number of anilines is 1. The van der Waals surface area contributed by atoms with Gasteiger partial charge < -0.3 is 15.0 Å². The Bertz CT molecular complexity index is 784. The molecule has 7 heteroatoms. The Morgan fingerprint density at radius 1 is 1.18 bits per heavy atom. The lowest BCUT2D eigenvalue weighted by molar-refractivity contribution is 0.211. The number of nitrogens with one attached hydrogen (secondary N) is 1. The predicted molar refractivity (Wildman–Crippen MR) is 108 cm³/mol. The molecule has 0 unspecified atom stereocenters. The van der Waals surface area contributed by atoms with Gasteiger partial charge >= 0.3 is 6.03 Å². The van der Waals surface area contributed by atoms with Crippen LogP contribution in [0.25, 0.3) is 0 Å². The maximum atomic E-state index is 12.6. The summed E-state index contributed by atoms with van der Waals surface area (Å²) in [6.45, 7) is 5.05. The molecule has 1 aliphatic carbocycles. The lowest BCUT2D eigenvalue weighted by Gasteiger charge is -2.22. The molecule has 2 amide bonds. The molecule has 2 fully saturated rings. The molecule has 2 aromatic rings. The molecular weight excluding hydrogens is 354 g/mol. The third-order valence-corrected chi connectivity index (χ3v) is 5.33. The number of amides is 2. The van der Waals surface area contributed by atoms with E-state index in [-0.39, 0.29) is 6.03 Å². The molecule has 0 bridgehead atoms. The average Bonchev–Trinajstić information content (AvgIpc) is 3.47. The van der Waals surface area contributed by atoms with Crippen LogP contribution >= 0.6 is 0 Å². The molecule has 0 spiro atoms. The molecule has 2 heterocycles. The number of aryl methyl sites for hydroxylation is 1. The molecule has 0 radical (unpaired) electrons. The van der Waals surface area contributed by atoms with Gasteiger partial charge in [0.1, 0.15) is 5.75 Å². The summed E-state index contributed by atoms with van der Waals surface area (Å²) in [4.78, 5) is 16.9. The number of nitrogens with zero attached hydrogens (tertiary/aromatic N) is 4. The van der Waals surface area contributed by atoms with E-state index in [1.807, 2.05) is 53.3 Å². The van der Waals surface area contributed by atoms with Crippen LogP contribution in [0.3, 0.4) is 0 Å². The Balaban J connectivity index is 1.25. The number of hydrogen-bond donors (Lipinski definition) is 1. The molecule has 4 rings (SSSR count). The minimum absolute atomic E-state index is 0.0325. The lowest BCUT2D eigenvalue weighted by atomic mass is 10.3. The summed E-state index contributed by atoms with van der Waals surface area (Å²) < 4.78 is 7.58. The van der Waals surface area contributed by atoms with Gasteiger partial charge in [0.15, 0.2) is 0 Å². The fourth-order valence-electron chi connectivity index (χ4n) is 3.48. The van der Waals surface area contributed by atoms with E-state index in [0.29, 0.717) is 0 Å². The number of ether oxygens (including phenoxy) is 1. The molecule has 0 atom stereocenters. The number of carbonyl (C=O) groups excluding carboxylic acids is 1. The summed E-state index contributed by atoms with van der Waals surface area (Å²) in [5, 5.41) is 7.24. The van der Waals surface area contributed by atoms with Crippen LogP contribution in [0.1, 0.15) is 24.8 Å². The molecule has 1 aromatic heterocycles. The summed E-state index contributed by atoms with van der Waals surface area (Å²) in [6, 6.07) is 7.64. The summed E-state index contributed by atoms with van der Waals surface area (Å²) in [7, 11) is 1.93. The van der Waals surface area contributed by atoms with E-state index in [1.54, 1.807) is 0 Å². The fourth-order valence-corrected chi connectivity index (χ4v) is 3.48. The van der Waals surface area contributed by atoms with Crippen LogP contribution in [0.4, 0.5) is 10.5 Å². The van der Waals surface area contributed by atoms with Crippen LogP contribution in [0, 0.1) is 5.92 Å². The fraction of sp³-hybridized carbons (Fsp3) is 0.524. The van der Waals surface area contributed by atoms with Crippen LogP contribution < -0.4 is 10.1 Å². The SMILES string of the molecule is Cn1cc(CN2CCCN(C(=O)Nc3ccc(OCC4CC4)cc3)CC2)cn1. The van der Waals surface area contributed by atoms with Gasteiger partial charge in [-0.3, -0.25) is 9.58 Å². The van der Waals surface area contributed by atoms with Gasteiger partial charge in [-0.25, -0.2) is 4.79 Å². The topological polar surface area (TPSA) is 62.6 Å². The second kappa shape index (κ2) is 8.65. The predicted octanol–water partition coefficient (Wildman–Crippen LogP) is 2.95. The van der Waals surface area contributed by atoms with Crippen LogP contribution in [0.15, 0.2) is 36.7 Å². The highest BCUT2D eigenvalue weighted by atomic mass is 16.5. The number of rotatable bonds is 6. The zero-order chi connectivity index (χ0) is 19.3. The maximum Gasteiger partial charge on any atom is 0.321 e. The first kappa shape index (κ1) is 18.8. The van der Waals surface area contributed by atoms with Crippen molar-refractivity contribution in [2.45, 2.75) is 25.8 Å². The number of aromatic nitrogens is 2. The van der Waals surface area contributed by atoms with Crippen molar-refractivity contribution in [2.75, 3.05) is 38.1 Å². The lowest BCUT2D eigenvalue weighted by Crippen LogP contribution is -2.38. The number of urea groups is 1. The van der Waals surface area contributed by atoms with Crippen LogP contribution in [-0.4, -0.2) is 58.4 Å². The van der Waals surface area contributed by atoms with Crippen molar-refractivity contribution in [3.8, 4) is 5.75 Å². The van der Waals surface area contributed by atoms with E-state index in [0.717, 1.165) is 63.1 Å². The molecule has 1 saturated heterocycles. The Hall–Kier alpha value is -2.54. The first-order chi connectivity index (χ1) is 13.7. The van der Waals surface area contributed by atoms with Crippen LogP contribution in [0.2, 0.25) is 0 Å². The van der Waals surface area contributed by atoms with Gasteiger partial charge in [-0.05, 0) is 49.4 Å². The van der Waals surface area contributed by atoms with Crippen molar-refractivity contribution in [3.63, 3.8) is 0 Å². The number of hydrogen-bond acceptors (Lipinski definition) is 4. The van der Waals surface area contributed by atoms with Crippen molar-refractivity contribution in [2.24, 2.45) is 13.0 Å². The first-order valence-electron chi connectivity index (χ1n) is 10.1. The standard InChI is InChI=1S/C21H29N5O2/c1-24-14-18(13-22-24)15-25-9-2-10-26(12-11-25)21(27)23-19-5-7-20(8-6-19)28-16-17-3-4-17/h5-8,13-14,17H,2-4,9-12,15-16H2,1H3,(H,23,27). The molecule has 1 saturated carbocycles. The average molecular weight is 383 g/mol. The van der Waals surface area contributed by atoms with Crippen LogP contribution in [0.5, 0.6) is 5.75 Å². The van der Waals surface area contributed by atoms with Gasteiger partial charge in [0.2, 0.25) is 0 Å². The Labute approximate surface area is 166 Å². The molecule has 28 heavy (non-hydrogen) atoms. The molecule has 1 aromatic carbocycles. The zero-order valence-electron chi connectivity index (χ0n) is 16.5. The van der Waals surface area contributed by atoms with Crippen molar-refractivity contribution in [1.82, 2.24) is 19.6 Å². The normalized spacial score (nSPS) is 18.0. The van der Waals surface area contributed by atoms with Gasteiger partial charge in [-0.2, -0.15) is 5.10 Å². The quantitative estimate of drug-likeness (QED) is 0.833. The van der Waals surface area contributed by atoms with E-state index in [1.165, 1.54) is 18.4 Å². The van der Waals surface area contributed by atoms with Gasteiger partial charge in [0.05, 0.1) is 12.8 Å². The minimum Gasteiger partial charge on any atom is -0.493 e. The molecule has 7 nitrogen and oxygen atoms in total. The van der Waals surface area contributed by atoms with Crippen LogP contribution in [-0.2, 0) is 13.6 Å². The second-order valence-electron chi connectivity index (χ2n) is 7.85. The third kappa shape index (κ3) is 5.25. The number of benzene rings is 1. The molecule has 2 aliphatic rings. The highest BCUT2D eigenvalue weighted by Gasteiger charge is 2.22. The monoisotopic (exact) mass is 383 g/mol. The summed E-state index contributed by atoms with van der Waals surface area (Å²) in [5.74, 6) is 1.60. The van der Waals surface area contributed by atoms with Crippen molar-refractivity contribution in [3.05, 3.63) is 42.2 Å². The molecular formula is C21H29N5O2. The largest absolute Gasteiger partial charge is 0.493 e. The maximum absolute atomic E-state index is 12.6. The van der Waals surface area contributed by atoms with E-state index in [2.05, 4.69) is 15.3 Å². The summed E-state index contributed by atoms with van der Waals surface area (Å²) in [6.07, 6.45) is 7.50. The summed E-state index contributed by atoms with van der Waals surface area (Å²) >= 11 is 0. The molecule has 150 valence electrons. The van der Waals surface area contributed by atoms with Crippen molar-refractivity contribution >= 4 is 11.7 Å². The summed E-state index contributed by atoms with van der Waals surface area (Å²) in [5.41, 5.74) is 2.02. The molecule has 1 N–H and O–H groups in total. The first-order valence-corrected chi connectivity index (χ1v) is 10.1. The third-order valence-electron chi connectivity index (χ3n) is 5.33. The van der Waals surface area contributed by atoms with Gasteiger partial charge in [-0.1, -0.05) is 0 Å². The Morgan fingerprint density at radius 3 is 2.71 bits per heavy atom. The van der Waals surface area contributed by atoms with E-state index in [4.69, 9.17) is 4.74 Å².